The van der Waals surface area contributed by atoms with Gasteiger partial charge in [-0.25, -0.2) is 0 Å². The Morgan fingerprint density at radius 1 is 1.29 bits per heavy atom. The second kappa shape index (κ2) is 11.0. The molecule has 1 aliphatic rings. The number of hydrogen-bond acceptors (Lipinski definition) is 5. The molecule has 0 aliphatic carbocycles. The molecule has 1 unspecified atom stereocenters. The number of alkyl halides is 2. The fourth-order valence-corrected chi connectivity index (χ4v) is 3.13. The van der Waals surface area contributed by atoms with Gasteiger partial charge in [0.2, 0.25) is 0 Å². The van der Waals surface area contributed by atoms with Gasteiger partial charge in [-0.15, -0.1) is 0 Å². The Hall–Kier alpha value is -2.13. The van der Waals surface area contributed by atoms with E-state index in [1.807, 2.05) is 0 Å². The number of benzene rings is 1. The van der Waals surface area contributed by atoms with Gasteiger partial charge in [0.15, 0.2) is 17.5 Å². The molecule has 1 aromatic rings. The highest BCUT2D eigenvalue weighted by atomic mass is 19.3. The Bertz CT molecular complexity index is 645. The molecule has 9 heteroatoms. The maximum atomic E-state index is 12.8. The van der Waals surface area contributed by atoms with E-state index in [1.165, 1.54) is 0 Å². The lowest BCUT2D eigenvalue weighted by molar-refractivity contribution is -0.0520. The zero-order chi connectivity index (χ0) is 20.5. The molecule has 1 fully saturated rings. The molecule has 0 spiro atoms. The number of likely N-dealkylation sites (N-methyl/N-ethyl adjacent to an activating group) is 2. The molecule has 7 nitrogen and oxygen atoms in total. The normalized spacial score (nSPS) is 19.0. The largest absolute Gasteiger partial charge is 0.490 e. The topological polar surface area (TPSA) is 61.4 Å². The van der Waals surface area contributed by atoms with E-state index < -0.39 is 6.61 Å². The van der Waals surface area contributed by atoms with Crippen LogP contribution >= 0.6 is 0 Å². The van der Waals surface area contributed by atoms with Gasteiger partial charge in [0.05, 0.1) is 6.61 Å². The van der Waals surface area contributed by atoms with E-state index >= 15 is 0 Å². The summed E-state index contributed by atoms with van der Waals surface area (Å²) in [7, 11) is 5.91. The first kappa shape index (κ1) is 22.2. The summed E-state index contributed by atoms with van der Waals surface area (Å²) in [6.45, 7) is 3.31. The molecule has 2 rings (SSSR count). The second-order valence-electron chi connectivity index (χ2n) is 6.76. The van der Waals surface area contributed by atoms with Crippen molar-refractivity contribution in [1.29, 1.82) is 0 Å². The highest BCUT2D eigenvalue weighted by Crippen LogP contribution is 2.32. The molecule has 0 radical (unpaired) electrons. The summed E-state index contributed by atoms with van der Waals surface area (Å²) in [6, 6.07) is 5.47. The second-order valence-corrected chi connectivity index (χ2v) is 6.76. The van der Waals surface area contributed by atoms with Crippen molar-refractivity contribution in [3.63, 3.8) is 0 Å². The molecule has 158 valence electrons. The van der Waals surface area contributed by atoms with Gasteiger partial charge in [0, 0.05) is 51.4 Å². The third kappa shape index (κ3) is 6.49. The minimum atomic E-state index is -2.92. The van der Waals surface area contributed by atoms with E-state index in [0.29, 0.717) is 29.9 Å². The lowest BCUT2D eigenvalue weighted by Crippen LogP contribution is -2.55. The summed E-state index contributed by atoms with van der Waals surface area (Å²) < 4.78 is 35.8. The lowest BCUT2D eigenvalue weighted by atomic mass is 10.2. The summed E-state index contributed by atoms with van der Waals surface area (Å²) in [5.41, 5.74) is 0.573. The molecular formula is C19H31F2N5O2. The van der Waals surface area contributed by atoms with Gasteiger partial charge in [-0.1, -0.05) is 12.1 Å². The standard InChI is InChI=1S/C19H31F2N5O2/c1-5-27-16-8-6-7-14(17(16)28-18(20)21)11-23-19(22-2)24-12-15-13-25(3)9-10-26(15)4/h6-8,15,18H,5,9-13H2,1-4H3,(H2,22,23,24). The highest BCUT2D eigenvalue weighted by molar-refractivity contribution is 5.79. The number of ether oxygens (including phenoxy) is 2. The van der Waals surface area contributed by atoms with E-state index in [0.717, 1.165) is 26.2 Å². The average molecular weight is 399 g/mol. The van der Waals surface area contributed by atoms with Crippen LogP contribution in [0.3, 0.4) is 0 Å². The number of nitrogens with zero attached hydrogens (tertiary/aromatic N) is 3. The summed E-state index contributed by atoms with van der Waals surface area (Å²) in [5.74, 6) is 0.958. The molecule has 1 aliphatic heterocycles. The van der Waals surface area contributed by atoms with Crippen molar-refractivity contribution in [3.05, 3.63) is 23.8 Å². The molecule has 1 atom stereocenters. The van der Waals surface area contributed by atoms with Crippen LogP contribution in [0.1, 0.15) is 12.5 Å². The van der Waals surface area contributed by atoms with Gasteiger partial charge in [-0.2, -0.15) is 8.78 Å². The van der Waals surface area contributed by atoms with Gasteiger partial charge >= 0.3 is 6.61 Å². The molecule has 28 heavy (non-hydrogen) atoms. The van der Waals surface area contributed by atoms with Crippen LogP contribution in [-0.4, -0.2) is 82.3 Å². The number of halogens is 2. The molecule has 1 aromatic carbocycles. The molecule has 0 amide bonds. The van der Waals surface area contributed by atoms with Gasteiger partial charge in [0.25, 0.3) is 0 Å². The predicted molar refractivity (Wildman–Crippen MR) is 106 cm³/mol. The highest BCUT2D eigenvalue weighted by Gasteiger charge is 2.22. The molecule has 2 N–H and O–H groups in total. The first-order valence-corrected chi connectivity index (χ1v) is 9.47. The van der Waals surface area contributed by atoms with Gasteiger partial charge in [0.1, 0.15) is 0 Å². The van der Waals surface area contributed by atoms with Crippen LogP contribution < -0.4 is 20.1 Å². The predicted octanol–water partition coefficient (Wildman–Crippen LogP) is 1.60. The zero-order valence-corrected chi connectivity index (χ0v) is 17.0. The number of piperazine rings is 1. The smallest absolute Gasteiger partial charge is 0.387 e. The van der Waals surface area contributed by atoms with Crippen LogP contribution in [0.2, 0.25) is 0 Å². The molecular weight excluding hydrogens is 368 g/mol. The van der Waals surface area contributed by atoms with Crippen LogP contribution in [0.5, 0.6) is 11.5 Å². The Balaban J connectivity index is 1.98. The maximum absolute atomic E-state index is 12.8. The Labute approximate surface area is 165 Å². The fourth-order valence-electron chi connectivity index (χ4n) is 3.13. The first-order valence-electron chi connectivity index (χ1n) is 9.47. The molecule has 0 saturated carbocycles. The number of para-hydroxylation sites is 1. The zero-order valence-electron chi connectivity index (χ0n) is 17.0. The SMILES string of the molecule is CCOc1cccc(CNC(=NC)NCC2CN(C)CCN2C)c1OC(F)F. The minimum absolute atomic E-state index is 0.0518. The Morgan fingerprint density at radius 3 is 2.75 bits per heavy atom. The van der Waals surface area contributed by atoms with Crippen molar-refractivity contribution in [2.75, 3.05) is 53.9 Å². The quantitative estimate of drug-likeness (QED) is 0.512. The van der Waals surface area contributed by atoms with E-state index in [4.69, 9.17) is 9.47 Å². The lowest BCUT2D eigenvalue weighted by Gasteiger charge is -2.37. The van der Waals surface area contributed by atoms with Crippen molar-refractivity contribution in [3.8, 4) is 11.5 Å². The number of hydrogen-bond donors (Lipinski definition) is 2. The molecule has 1 saturated heterocycles. The first-order chi connectivity index (χ1) is 13.4. The van der Waals surface area contributed by atoms with E-state index in [2.05, 4.69) is 39.5 Å². The monoisotopic (exact) mass is 399 g/mol. The van der Waals surface area contributed by atoms with Crippen molar-refractivity contribution in [2.24, 2.45) is 4.99 Å². The van der Waals surface area contributed by atoms with Gasteiger partial charge in [-0.05, 0) is 27.1 Å². The molecule has 1 heterocycles. The van der Waals surface area contributed by atoms with Crippen LogP contribution in [-0.2, 0) is 6.54 Å². The van der Waals surface area contributed by atoms with E-state index in [1.54, 1.807) is 32.2 Å². The number of aliphatic imine (C=N–C) groups is 1. The van der Waals surface area contributed by atoms with Crippen molar-refractivity contribution in [1.82, 2.24) is 20.4 Å². The van der Waals surface area contributed by atoms with Crippen molar-refractivity contribution in [2.45, 2.75) is 26.1 Å². The summed E-state index contributed by atoms with van der Waals surface area (Å²) in [6.07, 6.45) is 0. The summed E-state index contributed by atoms with van der Waals surface area (Å²) in [4.78, 5) is 8.84. The van der Waals surface area contributed by atoms with Crippen LogP contribution in [0.15, 0.2) is 23.2 Å². The number of rotatable bonds is 8. The van der Waals surface area contributed by atoms with Gasteiger partial charge < -0.3 is 25.0 Å². The minimum Gasteiger partial charge on any atom is -0.490 e. The third-order valence-electron chi connectivity index (χ3n) is 4.72. The Kier molecular flexibility index (Phi) is 8.72. The fraction of sp³-hybridized carbons (Fsp3) is 0.632. The van der Waals surface area contributed by atoms with E-state index in [-0.39, 0.29) is 12.3 Å². The van der Waals surface area contributed by atoms with Crippen LogP contribution in [0, 0.1) is 0 Å². The van der Waals surface area contributed by atoms with Gasteiger partial charge in [-0.3, -0.25) is 9.89 Å². The summed E-state index contributed by atoms with van der Waals surface area (Å²) >= 11 is 0. The van der Waals surface area contributed by atoms with Crippen LogP contribution in [0.25, 0.3) is 0 Å². The molecule has 0 bridgehead atoms. The van der Waals surface area contributed by atoms with Crippen molar-refractivity contribution < 1.29 is 18.3 Å². The average Bonchev–Trinajstić information content (AvgIpc) is 2.66. The molecule has 0 aromatic heterocycles. The van der Waals surface area contributed by atoms with Crippen molar-refractivity contribution >= 4 is 5.96 Å². The summed E-state index contributed by atoms with van der Waals surface area (Å²) in [5, 5.41) is 6.47. The Morgan fingerprint density at radius 2 is 2.07 bits per heavy atom. The third-order valence-corrected chi connectivity index (χ3v) is 4.72. The van der Waals surface area contributed by atoms with Crippen LogP contribution in [0.4, 0.5) is 8.78 Å². The van der Waals surface area contributed by atoms with E-state index in [9.17, 15) is 8.78 Å². The maximum Gasteiger partial charge on any atom is 0.387 e. The number of guanidine groups is 1. The number of nitrogens with one attached hydrogen (secondary N) is 2.